The van der Waals surface area contributed by atoms with Gasteiger partial charge in [0.1, 0.15) is 0 Å². The van der Waals surface area contributed by atoms with Crippen molar-refractivity contribution in [3.63, 3.8) is 0 Å². The van der Waals surface area contributed by atoms with Crippen LogP contribution in [0.1, 0.15) is 20.3 Å². The molecule has 0 aliphatic rings. The maximum atomic E-state index is 3.65. The van der Waals surface area contributed by atoms with E-state index < -0.39 is 0 Å². The second kappa shape index (κ2) is 4.13. The maximum absolute atomic E-state index is 3.65. The molecule has 0 rings (SSSR count). The topological polar surface area (TPSA) is 0 Å². The molecular weight excluding hydrogens is 164 g/mol. The average molecular weight is 177 g/mol. The van der Waals surface area contributed by atoms with Gasteiger partial charge in [-0.2, -0.15) is 0 Å². The minimum absolute atomic E-state index is 0.611. The highest BCUT2D eigenvalue weighted by molar-refractivity contribution is 9.09. The van der Waals surface area contributed by atoms with Crippen LogP contribution in [0, 0.1) is 5.92 Å². The molecule has 0 aliphatic carbocycles. The van der Waals surface area contributed by atoms with Crippen molar-refractivity contribution >= 4 is 15.9 Å². The van der Waals surface area contributed by atoms with Gasteiger partial charge in [-0.25, -0.2) is 0 Å². The van der Waals surface area contributed by atoms with Crippen LogP contribution in [0.4, 0.5) is 0 Å². The van der Waals surface area contributed by atoms with Crippen LogP contribution in [-0.4, -0.2) is 4.83 Å². The molecule has 1 unspecified atom stereocenters. The molecule has 48 valence electrons. The van der Waals surface area contributed by atoms with Crippen molar-refractivity contribution in [1.82, 2.24) is 0 Å². The molecule has 0 heterocycles. The molecule has 0 aromatic carbocycles. The van der Waals surface area contributed by atoms with E-state index in [9.17, 15) is 0 Å². The van der Waals surface area contributed by atoms with Crippen LogP contribution >= 0.6 is 15.9 Å². The first-order valence-corrected chi connectivity index (χ1v) is 3.85. The first-order chi connectivity index (χ1) is 3.68. The Hall–Kier alpha value is 0.220. The molecule has 1 atom stereocenters. The van der Waals surface area contributed by atoms with E-state index in [1.165, 1.54) is 0 Å². The van der Waals surface area contributed by atoms with Gasteiger partial charge in [-0.3, -0.25) is 0 Å². The molecule has 0 aromatic rings. The predicted molar refractivity (Wildman–Crippen MR) is 42.4 cm³/mol. The van der Waals surface area contributed by atoms with E-state index in [0.29, 0.717) is 10.7 Å². The quantitative estimate of drug-likeness (QED) is 0.459. The zero-order valence-electron chi connectivity index (χ0n) is 5.52. The zero-order chi connectivity index (χ0) is 6.57. The molecule has 0 saturated heterocycles. The third-order valence-electron chi connectivity index (χ3n) is 1.12. The van der Waals surface area contributed by atoms with E-state index in [1.807, 2.05) is 6.08 Å². The number of allylic oxidation sites excluding steroid dienone is 1. The summed E-state index contributed by atoms with van der Waals surface area (Å²) in [4.78, 5) is 0.611. The highest BCUT2D eigenvalue weighted by Gasteiger charge is 2.04. The first kappa shape index (κ1) is 8.22. The molecule has 0 nitrogen and oxygen atoms in total. The van der Waals surface area contributed by atoms with Crippen LogP contribution in [-0.2, 0) is 0 Å². The van der Waals surface area contributed by atoms with Gasteiger partial charge in [0.05, 0.1) is 0 Å². The van der Waals surface area contributed by atoms with Crippen molar-refractivity contribution in [2.24, 2.45) is 5.92 Å². The largest absolute Gasteiger partial charge is 0.103 e. The Morgan fingerprint density at radius 2 is 2.12 bits per heavy atom. The highest BCUT2D eigenvalue weighted by atomic mass is 79.9. The lowest BCUT2D eigenvalue weighted by Gasteiger charge is -2.09. The van der Waals surface area contributed by atoms with Crippen molar-refractivity contribution < 1.29 is 0 Å². The van der Waals surface area contributed by atoms with Gasteiger partial charge >= 0.3 is 0 Å². The van der Waals surface area contributed by atoms with E-state index >= 15 is 0 Å². The minimum Gasteiger partial charge on any atom is -0.103 e. The van der Waals surface area contributed by atoms with Crippen LogP contribution in [0.3, 0.4) is 0 Å². The highest BCUT2D eigenvalue weighted by Crippen LogP contribution is 2.15. The molecule has 0 amide bonds. The lowest BCUT2D eigenvalue weighted by atomic mass is 10.1. The van der Waals surface area contributed by atoms with Gasteiger partial charge in [0.25, 0.3) is 0 Å². The molecule has 0 aromatic heterocycles. The van der Waals surface area contributed by atoms with Crippen LogP contribution in [0.5, 0.6) is 0 Å². The van der Waals surface area contributed by atoms with E-state index in [2.05, 4.69) is 36.4 Å². The van der Waals surface area contributed by atoms with Crippen LogP contribution in [0.2, 0.25) is 0 Å². The third-order valence-corrected chi connectivity index (χ3v) is 2.55. The second-order valence-electron chi connectivity index (χ2n) is 2.28. The summed E-state index contributed by atoms with van der Waals surface area (Å²) in [7, 11) is 0. The first-order valence-electron chi connectivity index (χ1n) is 2.93. The van der Waals surface area contributed by atoms with Crippen LogP contribution in [0.25, 0.3) is 0 Å². The number of hydrogen-bond acceptors (Lipinski definition) is 0. The molecule has 0 spiro atoms. The second-order valence-corrected chi connectivity index (χ2v) is 3.46. The van der Waals surface area contributed by atoms with E-state index in [4.69, 9.17) is 0 Å². The Morgan fingerprint density at radius 1 is 1.62 bits per heavy atom. The van der Waals surface area contributed by atoms with Crippen LogP contribution < -0.4 is 0 Å². The summed E-state index contributed by atoms with van der Waals surface area (Å²) in [5.74, 6) is 0.716. The molecule has 0 radical (unpaired) electrons. The standard InChI is InChI=1S/C7H13Br/c1-4-5-7(8)6(2)3/h4,6-7H,1,5H2,2-3H3. The van der Waals surface area contributed by atoms with Gasteiger partial charge in [-0.05, 0) is 12.3 Å². The smallest absolute Gasteiger partial charge is 0.0203 e. The van der Waals surface area contributed by atoms with Crippen LogP contribution in [0.15, 0.2) is 12.7 Å². The van der Waals surface area contributed by atoms with Gasteiger partial charge in [0, 0.05) is 4.83 Å². The van der Waals surface area contributed by atoms with E-state index in [-0.39, 0.29) is 0 Å². The molecule has 0 fully saturated rings. The van der Waals surface area contributed by atoms with Gasteiger partial charge in [0.15, 0.2) is 0 Å². The Balaban J connectivity index is 3.30. The fourth-order valence-corrected chi connectivity index (χ4v) is 0.696. The summed E-state index contributed by atoms with van der Waals surface area (Å²) in [6.07, 6.45) is 3.01. The molecule has 8 heavy (non-hydrogen) atoms. The zero-order valence-corrected chi connectivity index (χ0v) is 7.11. The minimum atomic E-state index is 0.611. The lowest BCUT2D eigenvalue weighted by Crippen LogP contribution is -2.04. The van der Waals surface area contributed by atoms with Crippen molar-refractivity contribution in [1.29, 1.82) is 0 Å². The van der Waals surface area contributed by atoms with Crippen molar-refractivity contribution in [2.45, 2.75) is 25.1 Å². The van der Waals surface area contributed by atoms with E-state index in [1.54, 1.807) is 0 Å². The number of alkyl halides is 1. The third kappa shape index (κ3) is 3.25. The molecule has 1 heteroatoms. The molecular formula is C7H13Br. The maximum Gasteiger partial charge on any atom is 0.0203 e. The van der Waals surface area contributed by atoms with Gasteiger partial charge in [-0.15, -0.1) is 6.58 Å². The Bertz CT molecular complexity index is 66.8. The Labute approximate surface area is 60.1 Å². The fraction of sp³-hybridized carbons (Fsp3) is 0.714. The number of rotatable bonds is 3. The van der Waals surface area contributed by atoms with Crippen molar-refractivity contribution in [3.8, 4) is 0 Å². The SMILES string of the molecule is C=CCC(Br)C(C)C. The number of halogens is 1. The number of hydrogen-bond donors (Lipinski definition) is 0. The fourth-order valence-electron chi connectivity index (χ4n) is 0.431. The summed E-state index contributed by atoms with van der Waals surface area (Å²) in [5, 5.41) is 0. The molecule has 0 saturated carbocycles. The molecule has 0 bridgehead atoms. The summed E-state index contributed by atoms with van der Waals surface area (Å²) in [6.45, 7) is 8.05. The van der Waals surface area contributed by atoms with Gasteiger partial charge < -0.3 is 0 Å². The summed E-state index contributed by atoms with van der Waals surface area (Å²) in [6, 6.07) is 0. The lowest BCUT2D eigenvalue weighted by molar-refractivity contribution is 0.621. The summed E-state index contributed by atoms with van der Waals surface area (Å²) >= 11 is 3.53. The van der Waals surface area contributed by atoms with Crippen molar-refractivity contribution in [2.75, 3.05) is 0 Å². The summed E-state index contributed by atoms with van der Waals surface area (Å²) < 4.78 is 0. The van der Waals surface area contributed by atoms with Crippen molar-refractivity contribution in [3.05, 3.63) is 12.7 Å². The van der Waals surface area contributed by atoms with E-state index in [0.717, 1.165) is 6.42 Å². The Morgan fingerprint density at radius 3 is 2.25 bits per heavy atom. The summed E-state index contributed by atoms with van der Waals surface area (Å²) in [5.41, 5.74) is 0. The monoisotopic (exact) mass is 176 g/mol. The normalized spacial score (nSPS) is 14.0. The Kier molecular flexibility index (Phi) is 4.25. The molecule has 0 aliphatic heterocycles. The van der Waals surface area contributed by atoms with Gasteiger partial charge in [-0.1, -0.05) is 35.9 Å². The van der Waals surface area contributed by atoms with Gasteiger partial charge in [0.2, 0.25) is 0 Å². The molecule has 0 N–H and O–H groups in total. The predicted octanol–water partition coefficient (Wildman–Crippen LogP) is 2.98. The average Bonchev–Trinajstić information content (AvgIpc) is 1.67.